The van der Waals surface area contributed by atoms with E-state index in [4.69, 9.17) is 4.74 Å². The second-order valence-electron chi connectivity index (χ2n) is 5.75. The van der Waals surface area contributed by atoms with Gasteiger partial charge in [0.15, 0.2) is 0 Å². The Hall–Kier alpha value is -1.71. The fraction of sp³-hybridized carbons (Fsp3) is 0.533. The lowest BCUT2D eigenvalue weighted by atomic mass is 10.0. The Morgan fingerprint density at radius 1 is 1.26 bits per heavy atom. The molecule has 0 saturated carbocycles. The molecule has 2 N–H and O–H groups in total. The Morgan fingerprint density at radius 3 is 2.16 bits per heavy atom. The molecule has 4 heteroatoms. The summed E-state index contributed by atoms with van der Waals surface area (Å²) in [4.78, 5) is 11.8. The number of carbonyl (C=O) groups excluding carboxylic acids is 1. The summed E-state index contributed by atoms with van der Waals surface area (Å²) in [5, 5.41) is 5.81. The minimum absolute atomic E-state index is 0.171. The molecule has 0 fully saturated rings. The first-order valence-corrected chi connectivity index (χ1v) is 6.33. The highest BCUT2D eigenvalue weighted by atomic mass is 16.6. The van der Waals surface area contributed by atoms with E-state index in [1.54, 1.807) is 6.08 Å². The Bertz CT molecular complexity index is 365. The van der Waals surface area contributed by atoms with Gasteiger partial charge in [-0.15, -0.1) is 0 Å². The first kappa shape index (κ1) is 17.3. The van der Waals surface area contributed by atoms with Crippen molar-refractivity contribution in [2.24, 2.45) is 5.92 Å². The first-order chi connectivity index (χ1) is 8.56. The van der Waals surface area contributed by atoms with Gasteiger partial charge in [-0.05, 0) is 32.8 Å². The van der Waals surface area contributed by atoms with E-state index < -0.39 is 11.7 Å². The maximum Gasteiger partial charge on any atom is 0.408 e. The summed E-state index contributed by atoms with van der Waals surface area (Å²) in [6, 6.07) is -0.244. The average Bonchev–Trinajstić information content (AvgIpc) is 2.22. The zero-order valence-electron chi connectivity index (χ0n) is 12.7. The smallest absolute Gasteiger partial charge is 0.408 e. The van der Waals surface area contributed by atoms with E-state index in [0.717, 1.165) is 0 Å². The maximum atomic E-state index is 11.8. The standard InChI is InChI=1S/C15H26N2O2/c1-9-11(4)16-12(5)13(10(2)3)17-14(18)19-15(6,7)8/h9-10,13,16H,1,4-5H2,2-3,6-8H3,(H,17,18)/t13-/m0/s1. The largest absolute Gasteiger partial charge is 0.444 e. The normalized spacial score (nSPS) is 12.5. The number of hydrogen-bond donors (Lipinski definition) is 2. The molecule has 108 valence electrons. The third-order valence-electron chi connectivity index (χ3n) is 2.28. The zero-order valence-corrected chi connectivity index (χ0v) is 12.7. The van der Waals surface area contributed by atoms with Crippen LogP contribution in [0.4, 0.5) is 4.79 Å². The van der Waals surface area contributed by atoms with Gasteiger partial charge in [-0.25, -0.2) is 4.79 Å². The molecule has 1 atom stereocenters. The summed E-state index contributed by atoms with van der Waals surface area (Å²) >= 11 is 0. The number of alkyl carbamates (subject to hydrolysis) is 1. The van der Waals surface area contributed by atoms with Gasteiger partial charge in [0.25, 0.3) is 0 Å². The number of amides is 1. The van der Waals surface area contributed by atoms with Crippen LogP contribution in [0.1, 0.15) is 34.6 Å². The highest BCUT2D eigenvalue weighted by Gasteiger charge is 2.23. The van der Waals surface area contributed by atoms with Crippen LogP contribution in [0.3, 0.4) is 0 Å². The topological polar surface area (TPSA) is 50.4 Å². The van der Waals surface area contributed by atoms with Crippen LogP contribution < -0.4 is 10.6 Å². The molecule has 0 rings (SSSR count). The van der Waals surface area contributed by atoms with Crippen LogP contribution in [0.15, 0.2) is 37.2 Å². The van der Waals surface area contributed by atoms with Crippen LogP contribution in [-0.4, -0.2) is 17.7 Å². The molecule has 0 saturated heterocycles. The molecule has 0 heterocycles. The SMILES string of the molecule is C=CC(=C)NC(=C)[C@@H](NC(=O)OC(C)(C)C)C(C)C. The molecule has 0 aromatic carbocycles. The molecule has 0 aromatic heterocycles. The van der Waals surface area contributed by atoms with Crippen molar-refractivity contribution in [3.63, 3.8) is 0 Å². The number of carbonyl (C=O) groups is 1. The van der Waals surface area contributed by atoms with Gasteiger partial charge in [-0.1, -0.05) is 33.6 Å². The van der Waals surface area contributed by atoms with Gasteiger partial charge in [0.2, 0.25) is 0 Å². The molecule has 0 radical (unpaired) electrons. The van der Waals surface area contributed by atoms with Crippen molar-refractivity contribution >= 4 is 6.09 Å². The Morgan fingerprint density at radius 2 is 1.79 bits per heavy atom. The minimum atomic E-state index is -0.523. The summed E-state index contributed by atoms with van der Waals surface area (Å²) in [5.41, 5.74) is 0.776. The molecule has 0 bridgehead atoms. The van der Waals surface area contributed by atoms with Crippen molar-refractivity contribution in [1.29, 1.82) is 0 Å². The van der Waals surface area contributed by atoms with Crippen molar-refractivity contribution in [3.05, 3.63) is 37.2 Å². The van der Waals surface area contributed by atoms with Crippen molar-refractivity contribution in [1.82, 2.24) is 10.6 Å². The predicted octanol–water partition coefficient (Wildman–Crippen LogP) is 3.34. The quantitative estimate of drug-likeness (QED) is 0.725. The molecule has 0 aromatic rings. The van der Waals surface area contributed by atoms with Crippen molar-refractivity contribution in [3.8, 4) is 0 Å². The monoisotopic (exact) mass is 266 g/mol. The number of allylic oxidation sites excluding steroid dienone is 1. The second-order valence-corrected chi connectivity index (χ2v) is 5.75. The van der Waals surface area contributed by atoms with Crippen molar-refractivity contribution in [2.75, 3.05) is 0 Å². The van der Waals surface area contributed by atoms with E-state index in [1.807, 2.05) is 34.6 Å². The summed E-state index contributed by atoms with van der Waals surface area (Å²) in [7, 11) is 0. The van der Waals surface area contributed by atoms with Crippen LogP contribution >= 0.6 is 0 Å². The summed E-state index contributed by atoms with van der Waals surface area (Å²) in [6.45, 7) is 20.7. The fourth-order valence-electron chi connectivity index (χ4n) is 1.43. The average molecular weight is 266 g/mol. The maximum absolute atomic E-state index is 11.8. The van der Waals surface area contributed by atoms with Crippen molar-refractivity contribution < 1.29 is 9.53 Å². The number of hydrogen-bond acceptors (Lipinski definition) is 3. The first-order valence-electron chi connectivity index (χ1n) is 6.33. The van der Waals surface area contributed by atoms with Crippen LogP contribution in [0.2, 0.25) is 0 Å². The fourth-order valence-corrected chi connectivity index (χ4v) is 1.43. The summed E-state index contributed by atoms with van der Waals surface area (Å²) in [6.07, 6.45) is 1.13. The van der Waals surface area contributed by atoms with Crippen LogP contribution in [0, 0.1) is 5.92 Å². The third-order valence-corrected chi connectivity index (χ3v) is 2.28. The highest BCUT2D eigenvalue weighted by molar-refractivity contribution is 5.68. The molecular formula is C15H26N2O2. The number of ether oxygens (including phenoxy) is 1. The van der Waals surface area contributed by atoms with E-state index in [1.165, 1.54) is 0 Å². The van der Waals surface area contributed by atoms with E-state index in [0.29, 0.717) is 11.4 Å². The minimum Gasteiger partial charge on any atom is -0.444 e. The van der Waals surface area contributed by atoms with Crippen LogP contribution in [-0.2, 0) is 4.74 Å². The van der Waals surface area contributed by atoms with Gasteiger partial charge in [0.1, 0.15) is 5.60 Å². The highest BCUT2D eigenvalue weighted by Crippen LogP contribution is 2.12. The molecule has 0 unspecified atom stereocenters. The second kappa shape index (κ2) is 7.02. The van der Waals surface area contributed by atoms with Crippen LogP contribution in [0.25, 0.3) is 0 Å². The Balaban J connectivity index is 4.66. The van der Waals surface area contributed by atoms with E-state index in [2.05, 4.69) is 30.4 Å². The summed E-state index contributed by atoms with van der Waals surface area (Å²) < 4.78 is 5.24. The molecule has 0 spiro atoms. The molecule has 0 aliphatic rings. The zero-order chi connectivity index (χ0) is 15.2. The van der Waals surface area contributed by atoms with Gasteiger partial charge < -0.3 is 15.4 Å². The lowest BCUT2D eigenvalue weighted by Crippen LogP contribution is -2.45. The third kappa shape index (κ3) is 7.34. The Labute approximate surface area is 116 Å². The molecule has 19 heavy (non-hydrogen) atoms. The van der Waals surface area contributed by atoms with E-state index in [-0.39, 0.29) is 12.0 Å². The lowest BCUT2D eigenvalue weighted by molar-refractivity contribution is 0.0499. The molecule has 1 amide bonds. The molecule has 4 nitrogen and oxygen atoms in total. The van der Waals surface area contributed by atoms with Crippen LogP contribution in [0.5, 0.6) is 0 Å². The van der Waals surface area contributed by atoms with Gasteiger partial charge >= 0.3 is 6.09 Å². The van der Waals surface area contributed by atoms with Gasteiger partial charge in [0, 0.05) is 11.4 Å². The van der Waals surface area contributed by atoms with E-state index in [9.17, 15) is 4.79 Å². The van der Waals surface area contributed by atoms with Gasteiger partial charge in [-0.3, -0.25) is 0 Å². The molecule has 0 aliphatic heterocycles. The molecule has 0 aliphatic carbocycles. The van der Waals surface area contributed by atoms with Gasteiger partial charge in [0.05, 0.1) is 6.04 Å². The van der Waals surface area contributed by atoms with E-state index >= 15 is 0 Å². The lowest BCUT2D eigenvalue weighted by Gasteiger charge is -2.27. The molecular weight excluding hydrogens is 240 g/mol. The van der Waals surface area contributed by atoms with Gasteiger partial charge in [-0.2, -0.15) is 0 Å². The number of rotatable bonds is 6. The predicted molar refractivity (Wildman–Crippen MR) is 79.6 cm³/mol. The Kier molecular flexibility index (Phi) is 6.39. The summed E-state index contributed by atoms with van der Waals surface area (Å²) in [5.74, 6) is 0.171. The number of nitrogens with one attached hydrogen (secondary N) is 2. The van der Waals surface area contributed by atoms with Crippen molar-refractivity contribution in [2.45, 2.75) is 46.3 Å².